The van der Waals surface area contributed by atoms with Gasteiger partial charge >= 0.3 is 0 Å². The maximum atomic E-state index is 6.74. The van der Waals surface area contributed by atoms with Gasteiger partial charge in [0.15, 0.2) is 17.5 Å². The molecular formula is C51H31N3OS. The Bertz CT molecular complexity index is 3240. The van der Waals surface area contributed by atoms with Crippen molar-refractivity contribution in [2.45, 2.75) is 0 Å². The lowest BCUT2D eigenvalue weighted by Crippen LogP contribution is -2.00. The fraction of sp³-hybridized carbons (Fsp3) is 0. The van der Waals surface area contributed by atoms with Gasteiger partial charge in [-0.3, -0.25) is 0 Å². The molecule has 3 aromatic heterocycles. The van der Waals surface area contributed by atoms with Crippen molar-refractivity contribution in [3.8, 4) is 67.5 Å². The van der Waals surface area contributed by atoms with Crippen molar-refractivity contribution >= 4 is 53.4 Å². The van der Waals surface area contributed by atoms with E-state index >= 15 is 0 Å². The molecule has 0 bridgehead atoms. The predicted octanol–water partition coefficient (Wildman–Crippen LogP) is 14.1. The second-order valence-corrected chi connectivity index (χ2v) is 14.9. The lowest BCUT2D eigenvalue weighted by molar-refractivity contribution is 0.670. The van der Waals surface area contributed by atoms with Gasteiger partial charge in [-0.2, -0.15) is 0 Å². The number of hydrogen-bond donors (Lipinski definition) is 0. The molecule has 0 aliphatic heterocycles. The second kappa shape index (κ2) is 13.3. The topological polar surface area (TPSA) is 51.8 Å². The summed E-state index contributed by atoms with van der Waals surface area (Å²) in [5.74, 6) is 1.86. The Morgan fingerprint density at radius 2 is 0.839 bits per heavy atom. The van der Waals surface area contributed by atoms with Crippen LogP contribution >= 0.6 is 11.3 Å². The van der Waals surface area contributed by atoms with E-state index < -0.39 is 0 Å². The van der Waals surface area contributed by atoms with Gasteiger partial charge in [-0.05, 0) is 46.0 Å². The summed E-state index contributed by atoms with van der Waals surface area (Å²) in [6.07, 6.45) is 0. The molecule has 0 saturated heterocycles. The van der Waals surface area contributed by atoms with E-state index in [9.17, 15) is 0 Å². The number of rotatable bonds is 6. The zero-order valence-electron chi connectivity index (χ0n) is 30.1. The summed E-state index contributed by atoms with van der Waals surface area (Å²) in [5.41, 5.74) is 11.3. The number of para-hydroxylation sites is 1. The van der Waals surface area contributed by atoms with Crippen molar-refractivity contribution in [1.29, 1.82) is 0 Å². The highest BCUT2D eigenvalue weighted by molar-refractivity contribution is 7.26. The fourth-order valence-corrected chi connectivity index (χ4v) is 9.28. The Balaban J connectivity index is 1.12. The quantitative estimate of drug-likeness (QED) is 0.171. The molecule has 0 atom stereocenters. The van der Waals surface area contributed by atoms with Crippen LogP contribution in [0.15, 0.2) is 192 Å². The van der Waals surface area contributed by atoms with Crippen LogP contribution in [-0.2, 0) is 0 Å². The van der Waals surface area contributed by atoms with Gasteiger partial charge in [-0.1, -0.05) is 170 Å². The number of thiophene rings is 1. The molecule has 0 saturated carbocycles. The average Bonchev–Trinajstić information content (AvgIpc) is 3.86. The normalized spacial score (nSPS) is 11.6. The van der Waals surface area contributed by atoms with Gasteiger partial charge in [0, 0.05) is 53.2 Å². The predicted molar refractivity (Wildman–Crippen MR) is 233 cm³/mol. The van der Waals surface area contributed by atoms with Crippen LogP contribution in [0.5, 0.6) is 0 Å². The molecule has 11 aromatic rings. The lowest BCUT2D eigenvalue weighted by Gasteiger charge is -2.10. The number of fused-ring (bicyclic) bond motifs is 6. The van der Waals surface area contributed by atoms with Gasteiger partial charge in [0.05, 0.1) is 0 Å². The van der Waals surface area contributed by atoms with Crippen LogP contribution in [0, 0.1) is 0 Å². The molecule has 0 N–H and O–H groups in total. The highest BCUT2D eigenvalue weighted by atomic mass is 32.1. The van der Waals surface area contributed by atoms with E-state index in [0.717, 1.165) is 60.0 Å². The standard InChI is InChI=1S/C51H31N3OS/c1-4-15-32(16-5-1)35-21-10-22-36(31-35)37-23-11-27-41-45-42(28-14-30-44(45)55-46(37)41)50-52-49(34-19-8-3-9-20-34)53-51(54-50)43-29-13-26-40-39-25-12-24-38(47(39)56-48(40)43)33-17-6-2-7-18-33/h1-31H. The molecule has 0 amide bonds. The molecule has 0 radical (unpaired) electrons. The summed E-state index contributed by atoms with van der Waals surface area (Å²) >= 11 is 1.80. The number of benzene rings is 8. The lowest BCUT2D eigenvalue weighted by atomic mass is 9.97. The van der Waals surface area contributed by atoms with Gasteiger partial charge in [0.2, 0.25) is 0 Å². The Morgan fingerprint density at radius 3 is 1.57 bits per heavy atom. The van der Waals surface area contributed by atoms with E-state index in [1.165, 1.54) is 32.2 Å². The number of furan rings is 1. The minimum Gasteiger partial charge on any atom is -0.455 e. The zero-order chi connectivity index (χ0) is 37.0. The van der Waals surface area contributed by atoms with E-state index in [1.54, 1.807) is 11.3 Å². The summed E-state index contributed by atoms with van der Waals surface area (Å²) in [6.45, 7) is 0. The summed E-state index contributed by atoms with van der Waals surface area (Å²) in [4.78, 5) is 15.7. The Kier molecular flexibility index (Phi) is 7.64. The molecule has 0 spiro atoms. The summed E-state index contributed by atoms with van der Waals surface area (Å²) < 4.78 is 9.14. The monoisotopic (exact) mass is 733 g/mol. The molecule has 5 heteroatoms. The molecule has 262 valence electrons. The van der Waals surface area contributed by atoms with E-state index in [2.05, 4.69) is 152 Å². The molecule has 3 heterocycles. The first-order valence-electron chi connectivity index (χ1n) is 18.7. The summed E-state index contributed by atoms with van der Waals surface area (Å²) in [5, 5.41) is 4.41. The van der Waals surface area contributed by atoms with Crippen molar-refractivity contribution in [1.82, 2.24) is 15.0 Å². The van der Waals surface area contributed by atoms with Gasteiger partial charge in [-0.15, -0.1) is 11.3 Å². The van der Waals surface area contributed by atoms with Gasteiger partial charge < -0.3 is 4.42 Å². The molecule has 8 aromatic carbocycles. The van der Waals surface area contributed by atoms with Crippen LogP contribution in [0.25, 0.3) is 110 Å². The largest absolute Gasteiger partial charge is 0.455 e. The van der Waals surface area contributed by atoms with Crippen molar-refractivity contribution < 1.29 is 4.42 Å². The minimum absolute atomic E-state index is 0.599. The van der Waals surface area contributed by atoms with Crippen molar-refractivity contribution in [2.24, 2.45) is 0 Å². The number of nitrogens with zero attached hydrogens (tertiary/aromatic N) is 3. The Labute approximate surface area is 327 Å². The van der Waals surface area contributed by atoms with E-state index in [0.29, 0.717) is 17.5 Å². The molecule has 0 unspecified atom stereocenters. The SMILES string of the molecule is c1ccc(-c2cccc(-c3cccc4c3oc3cccc(-c5nc(-c6ccccc6)nc(-c6cccc7c6sc6c(-c8ccccc8)cccc67)n5)c34)c2)cc1. The minimum atomic E-state index is 0.599. The molecule has 0 aliphatic carbocycles. The van der Waals surface area contributed by atoms with E-state index in [4.69, 9.17) is 19.4 Å². The molecule has 11 rings (SSSR count). The van der Waals surface area contributed by atoms with Crippen LogP contribution in [0.4, 0.5) is 0 Å². The first kappa shape index (κ1) is 32.2. The first-order chi connectivity index (χ1) is 27.8. The van der Waals surface area contributed by atoms with Crippen molar-refractivity contribution in [3.63, 3.8) is 0 Å². The molecule has 4 nitrogen and oxygen atoms in total. The summed E-state index contributed by atoms with van der Waals surface area (Å²) in [6, 6.07) is 65.5. The molecule has 0 aliphatic rings. The van der Waals surface area contributed by atoms with Gasteiger partial charge in [0.1, 0.15) is 11.2 Å². The summed E-state index contributed by atoms with van der Waals surface area (Å²) in [7, 11) is 0. The maximum Gasteiger partial charge on any atom is 0.165 e. The highest BCUT2D eigenvalue weighted by Gasteiger charge is 2.21. The van der Waals surface area contributed by atoms with Crippen LogP contribution < -0.4 is 0 Å². The van der Waals surface area contributed by atoms with Gasteiger partial charge in [0.25, 0.3) is 0 Å². The second-order valence-electron chi connectivity index (χ2n) is 13.9. The third-order valence-electron chi connectivity index (χ3n) is 10.6. The number of aromatic nitrogens is 3. The highest BCUT2D eigenvalue weighted by Crippen LogP contribution is 2.45. The van der Waals surface area contributed by atoms with Crippen LogP contribution in [0.3, 0.4) is 0 Å². The Hall–Kier alpha value is -7.21. The number of hydrogen-bond acceptors (Lipinski definition) is 5. The zero-order valence-corrected chi connectivity index (χ0v) is 30.9. The van der Waals surface area contributed by atoms with Crippen LogP contribution in [0.2, 0.25) is 0 Å². The van der Waals surface area contributed by atoms with Gasteiger partial charge in [-0.25, -0.2) is 15.0 Å². The fourth-order valence-electron chi connectivity index (χ4n) is 7.93. The third kappa shape index (κ3) is 5.40. The van der Waals surface area contributed by atoms with E-state index in [1.807, 2.05) is 36.4 Å². The molecule has 56 heavy (non-hydrogen) atoms. The van der Waals surface area contributed by atoms with Crippen molar-refractivity contribution in [2.75, 3.05) is 0 Å². The third-order valence-corrected chi connectivity index (χ3v) is 11.8. The Morgan fingerprint density at radius 1 is 0.339 bits per heavy atom. The van der Waals surface area contributed by atoms with Crippen molar-refractivity contribution in [3.05, 3.63) is 188 Å². The van der Waals surface area contributed by atoms with Crippen LogP contribution in [-0.4, -0.2) is 15.0 Å². The van der Waals surface area contributed by atoms with Crippen LogP contribution in [0.1, 0.15) is 0 Å². The first-order valence-corrected chi connectivity index (χ1v) is 19.5. The maximum absolute atomic E-state index is 6.74. The van der Waals surface area contributed by atoms with E-state index in [-0.39, 0.29) is 0 Å². The molecule has 0 fully saturated rings. The smallest absolute Gasteiger partial charge is 0.165 e. The molecular weight excluding hydrogens is 703 g/mol. The average molecular weight is 734 g/mol.